The van der Waals surface area contributed by atoms with Crippen LogP contribution in [0.15, 0.2) is 81.3 Å². The molecular formula is C29H33BrN4O3S. The SMILES string of the molecule is CC/C=C(/Nc1ccc(Br)cc1)Sc1ccc(Oc2ccnc(C(=O)NCCN3CCOCC3)c2)cc1C. The Labute approximate surface area is 237 Å². The number of allylic oxidation sites excluding steroid dienone is 1. The first-order valence-electron chi connectivity index (χ1n) is 12.7. The van der Waals surface area contributed by atoms with E-state index in [1.165, 1.54) is 0 Å². The minimum atomic E-state index is -0.208. The number of thioether (sulfide) groups is 1. The molecule has 200 valence electrons. The standard InChI is InChI=1S/C29H33BrN4O3S/c1-3-4-28(33-23-7-5-22(30)6-8-23)38-27-10-9-24(19-21(27)2)37-25-11-12-31-26(20-25)29(35)32-13-14-34-15-17-36-18-16-34/h4-12,19-20,33H,3,13-18H2,1-2H3,(H,32,35)/b28-4-. The molecule has 0 unspecified atom stereocenters. The number of nitrogens with one attached hydrogen (secondary N) is 2. The van der Waals surface area contributed by atoms with E-state index in [4.69, 9.17) is 9.47 Å². The van der Waals surface area contributed by atoms with Crippen molar-refractivity contribution in [2.75, 3.05) is 44.7 Å². The molecule has 0 aliphatic carbocycles. The van der Waals surface area contributed by atoms with E-state index < -0.39 is 0 Å². The van der Waals surface area contributed by atoms with Crippen LogP contribution in [0.1, 0.15) is 29.4 Å². The number of hydrogen-bond acceptors (Lipinski definition) is 7. The quantitative estimate of drug-likeness (QED) is 0.246. The van der Waals surface area contributed by atoms with Crippen LogP contribution in [0.2, 0.25) is 0 Å². The van der Waals surface area contributed by atoms with Crippen molar-refractivity contribution in [3.8, 4) is 11.5 Å². The van der Waals surface area contributed by atoms with Crippen LogP contribution < -0.4 is 15.4 Å². The lowest BCUT2D eigenvalue weighted by Crippen LogP contribution is -2.41. The Balaban J connectivity index is 1.34. The summed E-state index contributed by atoms with van der Waals surface area (Å²) in [5.41, 5.74) is 2.47. The smallest absolute Gasteiger partial charge is 0.270 e. The highest BCUT2D eigenvalue weighted by Crippen LogP contribution is 2.34. The van der Waals surface area contributed by atoms with Gasteiger partial charge in [0.05, 0.1) is 18.2 Å². The van der Waals surface area contributed by atoms with Gasteiger partial charge in [-0.15, -0.1) is 0 Å². The maximum absolute atomic E-state index is 12.6. The van der Waals surface area contributed by atoms with Gasteiger partial charge in [-0.25, -0.2) is 0 Å². The Morgan fingerprint density at radius 3 is 2.63 bits per heavy atom. The maximum atomic E-state index is 12.6. The number of carbonyl (C=O) groups excluding carboxylic acids is 1. The van der Waals surface area contributed by atoms with Crippen molar-refractivity contribution in [3.05, 3.63) is 87.6 Å². The Bertz CT molecular complexity index is 1250. The summed E-state index contributed by atoms with van der Waals surface area (Å²) in [6, 6.07) is 17.6. The lowest BCUT2D eigenvalue weighted by atomic mass is 10.2. The molecule has 9 heteroatoms. The number of carbonyl (C=O) groups is 1. The van der Waals surface area contributed by atoms with Crippen LogP contribution in [0, 0.1) is 6.92 Å². The van der Waals surface area contributed by atoms with E-state index in [0.717, 1.165) is 64.9 Å². The van der Waals surface area contributed by atoms with E-state index in [9.17, 15) is 4.79 Å². The largest absolute Gasteiger partial charge is 0.457 e. The number of amides is 1. The van der Waals surface area contributed by atoms with E-state index in [2.05, 4.69) is 62.4 Å². The van der Waals surface area contributed by atoms with Crippen molar-refractivity contribution in [2.24, 2.45) is 0 Å². The van der Waals surface area contributed by atoms with Gasteiger partial charge >= 0.3 is 0 Å². The zero-order valence-electron chi connectivity index (χ0n) is 21.7. The number of benzene rings is 2. The van der Waals surface area contributed by atoms with E-state index >= 15 is 0 Å². The zero-order valence-corrected chi connectivity index (χ0v) is 24.1. The molecule has 0 radical (unpaired) electrons. The predicted octanol–water partition coefficient (Wildman–Crippen LogP) is 6.46. The van der Waals surface area contributed by atoms with Gasteiger partial charge in [0.1, 0.15) is 17.2 Å². The van der Waals surface area contributed by atoms with Crippen LogP contribution in [0.4, 0.5) is 5.69 Å². The van der Waals surface area contributed by atoms with Gasteiger partial charge in [0.25, 0.3) is 5.91 Å². The molecule has 1 aliphatic rings. The molecule has 1 saturated heterocycles. The van der Waals surface area contributed by atoms with E-state index in [1.54, 1.807) is 30.1 Å². The summed E-state index contributed by atoms with van der Waals surface area (Å²) in [5, 5.41) is 7.53. The van der Waals surface area contributed by atoms with Gasteiger partial charge in [-0.2, -0.15) is 0 Å². The van der Waals surface area contributed by atoms with Crippen molar-refractivity contribution in [1.29, 1.82) is 0 Å². The molecule has 38 heavy (non-hydrogen) atoms. The summed E-state index contributed by atoms with van der Waals surface area (Å²) < 4.78 is 12.5. The molecule has 2 aromatic carbocycles. The molecule has 1 amide bonds. The van der Waals surface area contributed by atoms with Gasteiger partial charge in [0, 0.05) is 53.5 Å². The number of aromatic nitrogens is 1. The summed E-state index contributed by atoms with van der Waals surface area (Å²) in [7, 11) is 0. The molecule has 0 bridgehead atoms. The number of hydrogen-bond donors (Lipinski definition) is 2. The van der Waals surface area contributed by atoms with Crippen molar-refractivity contribution < 1.29 is 14.3 Å². The van der Waals surface area contributed by atoms with Gasteiger partial charge in [0.15, 0.2) is 0 Å². The number of nitrogens with zero attached hydrogens (tertiary/aromatic N) is 2. The fraction of sp³-hybridized carbons (Fsp3) is 0.310. The predicted molar refractivity (Wildman–Crippen MR) is 157 cm³/mol. The second-order valence-corrected chi connectivity index (χ2v) is 10.8. The molecule has 0 spiro atoms. The number of morpholine rings is 1. The molecule has 1 fully saturated rings. The van der Waals surface area contributed by atoms with Crippen LogP contribution in [0.25, 0.3) is 0 Å². The Hall–Kier alpha value is -2.85. The molecule has 4 rings (SSSR count). The summed E-state index contributed by atoms with van der Waals surface area (Å²) >= 11 is 5.17. The van der Waals surface area contributed by atoms with E-state index in [-0.39, 0.29) is 5.91 Å². The molecule has 1 aliphatic heterocycles. The Kier molecular flexibility index (Phi) is 10.6. The van der Waals surface area contributed by atoms with E-state index in [1.807, 2.05) is 36.4 Å². The van der Waals surface area contributed by atoms with Gasteiger partial charge in [-0.3, -0.25) is 14.7 Å². The van der Waals surface area contributed by atoms with Crippen LogP contribution in [-0.2, 0) is 4.74 Å². The summed E-state index contributed by atoms with van der Waals surface area (Å²) in [6.07, 6.45) is 4.71. The van der Waals surface area contributed by atoms with Gasteiger partial charge in [0.2, 0.25) is 0 Å². The zero-order chi connectivity index (χ0) is 26.7. The number of anilines is 1. The van der Waals surface area contributed by atoms with Gasteiger partial charge < -0.3 is 20.1 Å². The first kappa shape index (κ1) is 28.2. The Morgan fingerprint density at radius 1 is 1.13 bits per heavy atom. The number of halogens is 1. The number of rotatable bonds is 11. The Morgan fingerprint density at radius 2 is 1.89 bits per heavy atom. The van der Waals surface area contributed by atoms with Crippen molar-refractivity contribution in [2.45, 2.75) is 25.2 Å². The molecular weight excluding hydrogens is 564 g/mol. The first-order chi connectivity index (χ1) is 18.5. The number of ether oxygens (including phenoxy) is 2. The highest BCUT2D eigenvalue weighted by molar-refractivity contribution is 9.10. The summed E-state index contributed by atoms with van der Waals surface area (Å²) in [5.74, 6) is 1.07. The van der Waals surface area contributed by atoms with Crippen molar-refractivity contribution in [1.82, 2.24) is 15.2 Å². The highest BCUT2D eigenvalue weighted by Gasteiger charge is 2.13. The normalized spacial score (nSPS) is 14.2. The average Bonchev–Trinajstić information content (AvgIpc) is 2.92. The fourth-order valence-corrected chi connectivity index (χ4v) is 5.15. The first-order valence-corrected chi connectivity index (χ1v) is 14.3. The minimum Gasteiger partial charge on any atom is -0.457 e. The molecule has 0 atom stereocenters. The third kappa shape index (κ3) is 8.59. The van der Waals surface area contributed by atoms with Crippen LogP contribution in [0.5, 0.6) is 11.5 Å². The second-order valence-electron chi connectivity index (χ2n) is 8.83. The molecule has 1 aromatic heterocycles. The average molecular weight is 598 g/mol. The molecule has 0 saturated carbocycles. The van der Waals surface area contributed by atoms with Crippen LogP contribution >= 0.6 is 27.7 Å². The van der Waals surface area contributed by atoms with Gasteiger partial charge in [-0.05, 0) is 67.4 Å². The molecule has 2 heterocycles. The maximum Gasteiger partial charge on any atom is 0.270 e. The van der Waals surface area contributed by atoms with Crippen molar-refractivity contribution in [3.63, 3.8) is 0 Å². The number of aryl methyl sites for hydroxylation is 1. The molecule has 7 nitrogen and oxygen atoms in total. The van der Waals surface area contributed by atoms with Crippen LogP contribution in [-0.4, -0.2) is 55.2 Å². The van der Waals surface area contributed by atoms with E-state index in [0.29, 0.717) is 23.7 Å². The molecule has 3 aromatic rings. The lowest BCUT2D eigenvalue weighted by molar-refractivity contribution is 0.0383. The summed E-state index contributed by atoms with van der Waals surface area (Å²) in [6.45, 7) is 8.83. The van der Waals surface area contributed by atoms with Crippen molar-refractivity contribution >= 4 is 39.3 Å². The summed E-state index contributed by atoms with van der Waals surface area (Å²) in [4.78, 5) is 20.2. The lowest BCUT2D eigenvalue weighted by Gasteiger charge is -2.26. The van der Waals surface area contributed by atoms with Gasteiger partial charge in [-0.1, -0.05) is 40.7 Å². The monoisotopic (exact) mass is 596 g/mol. The third-order valence-electron chi connectivity index (χ3n) is 5.88. The second kappa shape index (κ2) is 14.3. The molecule has 2 N–H and O–H groups in total. The highest BCUT2D eigenvalue weighted by atomic mass is 79.9. The number of pyridine rings is 1. The fourth-order valence-electron chi connectivity index (χ4n) is 3.88. The third-order valence-corrected chi connectivity index (χ3v) is 7.58. The minimum absolute atomic E-state index is 0.208. The van der Waals surface area contributed by atoms with Crippen LogP contribution in [0.3, 0.4) is 0 Å². The topological polar surface area (TPSA) is 75.7 Å².